The Bertz CT molecular complexity index is 639. The molecule has 5 heteroatoms. The number of carbonyl (C=O) groups is 1. The van der Waals surface area contributed by atoms with E-state index >= 15 is 0 Å². The van der Waals surface area contributed by atoms with E-state index in [0.717, 1.165) is 11.1 Å². The second kappa shape index (κ2) is 6.01. The van der Waals surface area contributed by atoms with E-state index in [9.17, 15) is 4.79 Å². The molecule has 1 aromatic heterocycles. The summed E-state index contributed by atoms with van der Waals surface area (Å²) in [5.74, 6) is -0.0636. The molecule has 0 unspecified atom stereocenters. The highest BCUT2D eigenvalue weighted by Gasteiger charge is 2.17. The Morgan fingerprint density at radius 3 is 2.45 bits per heavy atom. The van der Waals surface area contributed by atoms with Crippen molar-refractivity contribution in [3.63, 3.8) is 0 Å². The molecule has 4 nitrogen and oxygen atoms in total. The van der Waals surface area contributed by atoms with Gasteiger partial charge in [0.1, 0.15) is 5.15 Å². The maximum Gasteiger partial charge on any atom is 0.357 e. The topological polar surface area (TPSA) is 52.1 Å². The fraction of sp³-hybridized carbons (Fsp3) is 0.267. The number of rotatable bonds is 3. The predicted molar refractivity (Wildman–Crippen MR) is 77.9 cm³/mol. The first-order valence-corrected chi connectivity index (χ1v) is 6.69. The first-order valence-electron chi connectivity index (χ1n) is 6.31. The Morgan fingerprint density at radius 2 is 1.85 bits per heavy atom. The van der Waals surface area contributed by atoms with Gasteiger partial charge in [0.05, 0.1) is 6.61 Å². The maximum absolute atomic E-state index is 11.9. The second-order valence-corrected chi connectivity index (χ2v) is 4.76. The number of esters is 1. The van der Waals surface area contributed by atoms with E-state index < -0.39 is 5.97 Å². The molecule has 104 valence electrons. The van der Waals surface area contributed by atoms with Crippen LogP contribution in [0, 0.1) is 13.8 Å². The van der Waals surface area contributed by atoms with Crippen LogP contribution in [-0.2, 0) is 4.74 Å². The summed E-state index contributed by atoms with van der Waals surface area (Å²) in [6.45, 7) is 5.74. The standard InChI is InChI=1S/C15H15ClN2O2/c1-4-20-15(19)12-10(3)13(16)18-14(17-12)11-7-5-9(2)6-8-11/h5-8H,4H2,1-3H3. The smallest absolute Gasteiger partial charge is 0.357 e. The minimum absolute atomic E-state index is 0.211. The lowest BCUT2D eigenvalue weighted by molar-refractivity contribution is 0.0518. The van der Waals surface area contributed by atoms with Crippen molar-refractivity contribution in [1.29, 1.82) is 0 Å². The number of carbonyl (C=O) groups excluding carboxylic acids is 1. The molecule has 0 atom stereocenters. The van der Waals surface area contributed by atoms with Crippen molar-refractivity contribution in [2.45, 2.75) is 20.8 Å². The van der Waals surface area contributed by atoms with Crippen LogP contribution in [0.5, 0.6) is 0 Å². The number of aromatic nitrogens is 2. The molecule has 0 aliphatic heterocycles. The van der Waals surface area contributed by atoms with Crippen LogP contribution in [0.1, 0.15) is 28.5 Å². The summed E-state index contributed by atoms with van der Waals surface area (Å²) in [5, 5.41) is 0.263. The molecule has 0 aliphatic carbocycles. The van der Waals surface area contributed by atoms with Crippen LogP contribution >= 0.6 is 11.6 Å². The van der Waals surface area contributed by atoms with Gasteiger partial charge in [-0.3, -0.25) is 0 Å². The quantitative estimate of drug-likeness (QED) is 0.640. The molecule has 1 heterocycles. The average Bonchev–Trinajstić information content (AvgIpc) is 2.43. The van der Waals surface area contributed by atoms with Crippen molar-refractivity contribution >= 4 is 17.6 Å². The van der Waals surface area contributed by atoms with Gasteiger partial charge < -0.3 is 4.74 Å². The zero-order valence-electron chi connectivity index (χ0n) is 11.6. The first kappa shape index (κ1) is 14.5. The number of nitrogens with zero attached hydrogens (tertiary/aromatic N) is 2. The van der Waals surface area contributed by atoms with Gasteiger partial charge in [-0.1, -0.05) is 41.4 Å². The molecule has 0 bridgehead atoms. The molecule has 20 heavy (non-hydrogen) atoms. The van der Waals surface area contributed by atoms with E-state index in [0.29, 0.717) is 18.0 Å². The lowest BCUT2D eigenvalue weighted by Gasteiger charge is -2.08. The minimum atomic E-state index is -0.484. The number of hydrogen-bond acceptors (Lipinski definition) is 4. The van der Waals surface area contributed by atoms with Gasteiger partial charge in [-0.15, -0.1) is 0 Å². The summed E-state index contributed by atoms with van der Waals surface area (Å²) in [4.78, 5) is 20.4. The van der Waals surface area contributed by atoms with Crippen molar-refractivity contribution in [2.75, 3.05) is 6.61 Å². The molecule has 2 aromatic rings. The maximum atomic E-state index is 11.9. The number of hydrogen-bond donors (Lipinski definition) is 0. The van der Waals surface area contributed by atoms with Crippen LogP contribution in [0.4, 0.5) is 0 Å². The zero-order valence-corrected chi connectivity index (χ0v) is 12.4. The average molecular weight is 291 g/mol. The highest BCUT2D eigenvalue weighted by atomic mass is 35.5. The highest BCUT2D eigenvalue weighted by Crippen LogP contribution is 2.22. The minimum Gasteiger partial charge on any atom is -0.461 e. The molecule has 0 spiro atoms. The molecule has 0 amide bonds. The van der Waals surface area contributed by atoms with E-state index in [2.05, 4.69) is 9.97 Å². The predicted octanol–water partition coefficient (Wildman–Crippen LogP) is 3.59. The van der Waals surface area contributed by atoms with E-state index in [1.165, 1.54) is 0 Å². The Hall–Kier alpha value is -1.94. The zero-order chi connectivity index (χ0) is 14.7. The van der Waals surface area contributed by atoms with Gasteiger partial charge in [-0.05, 0) is 20.8 Å². The van der Waals surface area contributed by atoms with Gasteiger partial charge >= 0.3 is 5.97 Å². The Labute approximate surface area is 122 Å². The third kappa shape index (κ3) is 2.96. The molecule has 2 rings (SSSR count). The molecule has 0 N–H and O–H groups in total. The summed E-state index contributed by atoms with van der Waals surface area (Å²) >= 11 is 6.09. The molecular weight excluding hydrogens is 276 g/mol. The van der Waals surface area contributed by atoms with Crippen LogP contribution in [0.3, 0.4) is 0 Å². The molecular formula is C15H15ClN2O2. The normalized spacial score (nSPS) is 10.4. The number of benzene rings is 1. The number of halogens is 1. The van der Waals surface area contributed by atoms with Crippen LogP contribution in [0.2, 0.25) is 5.15 Å². The van der Waals surface area contributed by atoms with Gasteiger partial charge in [-0.25, -0.2) is 14.8 Å². The Balaban J connectivity index is 2.50. The summed E-state index contributed by atoms with van der Waals surface area (Å²) in [6.07, 6.45) is 0. The SMILES string of the molecule is CCOC(=O)c1nc(-c2ccc(C)cc2)nc(Cl)c1C. The first-order chi connectivity index (χ1) is 9.52. The number of aryl methyl sites for hydroxylation is 1. The Kier molecular flexibility index (Phi) is 4.35. The van der Waals surface area contributed by atoms with Crippen molar-refractivity contribution in [2.24, 2.45) is 0 Å². The van der Waals surface area contributed by atoms with Crippen molar-refractivity contribution in [3.05, 3.63) is 46.2 Å². The molecule has 0 fully saturated rings. The van der Waals surface area contributed by atoms with Gasteiger partial charge in [0.25, 0.3) is 0 Å². The van der Waals surface area contributed by atoms with E-state index in [1.807, 2.05) is 31.2 Å². The van der Waals surface area contributed by atoms with Gasteiger partial charge in [0.2, 0.25) is 0 Å². The molecule has 0 saturated carbocycles. The van der Waals surface area contributed by atoms with Gasteiger partial charge in [0.15, 0.2) is 11.5 Å². The van der Waals surface area contributed by atoms with Crippen LogP contribution < -0.4 is 0 Å². The largest absolute Gasteiger partial charge is 0.461 e. The highest BCUT2D eigenvalue weighted by molar-refractivity contribution is 6.30. The fourth-order valence-electron chi connectivity index (χ4n) is 1.72. The van der Waals surface area contributed by atoms with Crippen LogP contribution in [0.15, 0.2) is 24.3 Å². The fourth-order valence-corrected chi connectivity index (χ4v) is 1.89. The van der Waals surface area contributed by atoms with Crippen LogP contribution in [-0.4, -0.2) is 22.5 Å². The third-order valence-electron chi connectivity index (χ3n) is 2.86. The molecule has 0 saturated heterocycles. The lowest BCUT2D eigenvalue weighted by atomic mass is 10.1. The molecule has 1 aromatic carbocycles. The summed E-state index contributed by atoms with van der Waals surface area (Å²) in [7, 11) is 0. The summed E-state index contributed by atoms with van der Waals surface area (Å²) < 4.78 is 4.99. The van der Waals surface area contributed by atoms with E-state index in [4.69, 9.17) is 16.3 Å². The summed E-state index contributed by atoms with van der Waals surface area (Å²) in [5.41, 5.74) is 2.68. The molecule has 0 aliphatic rings. The van der Waals surface area contributed by atoms with E-state index in [1.54, 1.807) is 13.8 Å². The molecule has 0 radical (unpaired) electrons. The van der Waals surface area contributed by atoms with Crippen molar-refractivity contribution in [1.82, 2.24) is 9.97 Å². The Morgan fingerprint density at radius 1 is 1.20 bits per heavy atom. The third-order valence-corrected chi connectivity index (χ3v) is 3.23. The van der Waals surface area contributed by atoms with E-state index in [-0.39, 0.29) is 10.8 Å². The monoisotopic (exact) mass is 290 g/mol. The summed E-state index contributed by atoms with van der Waals surface area (Å²) in [6, 6.07) is 7.70. The van der Waals surface area contributed by atoms with Gasteiger partial charge in [-0.2, -0.15) is 0 Å². The van der Waals surface area contributed by atoms with Crippen LogP contribution in [0.25, 0.3) is 11.4 Å². The number of ether oxygens (including phenoxy) is 1. The lowest BCUT2D eigenvalue weighted by Crippen LogP contribution is -2.11. The van der Waals surface area contributed by atoms with Gasteiger partial charge in [0, 0.05) is 11.1 Å². The van der Waals surface area contributed by atoms with Crippen molar-refractivity contribution in [3.8, 4) is 11.4 Å². The van der Waals surface area contributed by atoms with Crippen molar-refractivity contribution < 1.29 is 9.53 Å². The second-order valence-electron chi connectivity index (χ2n) is 4.40.